The van der Waals surface area contributed by atoms with Gasteiger partial charge in [-0.1, -0.05) is 48.5 Å². The number of hydrogen-bond acceptors (Lipinski definition) is 4. The van der Waals surface area contributed by atoms with Gasteiger partial charge in [0.1, 0.15) is 6.61 Å². The van der Waals surface area contributed by atoms with Crippen molar-refractivity contribution in [2.75, 3.05) is 13.7 Å². The first kappa shape index (κ1) is 20.1. The zero-order valence-electron chi connectivity index (χ0n) is 18.0. The summed E-state index contributed by atoms with van der Waals surface area (Å²) in [6, 6.07) is 17.1. The summed E-state index contributed by atoms with van der Waals surface area (Å²) in [7, 11) is 1.44. The van der Waals surface area contributed by atoms with E-state index in [1.165, 1.54) is 29.4 Å². The molecule has 0 saturated carbocycles. The van der Waals surface area contributed by atoms with Gasteiger partial charge in [0, 0.05) is 24.4 Å². The van der Waals surface area contributed by atoms with Crippen LogP contribution in [0.4, 0.5) is 4.79 Å². The van der Waals surface area contributed by atoms with Crippen LogP contribution in [0.2, 0.25) is 0 Å². The third kappa shape index (κ3) is 3.71. The second-order valence-corrected chi connectivity index (χ2v) is 9.07. The third-order valence-corrected chi connectivity index (χ3v) is 7.30. The number of esters is 1. The summed E-state index contributed by atoms with van der Waals surface area (Å²) < 4.78 is 10.8. The van der Waals surface area contributed by atoms with Gasteiger partial charge >= 0.3 is 12.1 Å². The van der Waals surface area contributed by atoms with Crippen molar-refractivity contribution in [3.05, 3.63) is 59.7 Å². The molecule has 2 aromatic rings. The molecule has 2 unspecified atom stereocenters. The topological polar surface area (TPSA) is 55.8 Å². The zero-order valence-corrected chi connectivity index (χ0v) is 18.0. The summed E-state index contributed by atoms with van der Waals surface area (Å²) in [5.41, 5.74) is 4.93. The fourth-order valence-electron chi connectivity index (χ4n) is 5.95. The number of ether oxygens (including phenoxy) is 2. The van der Waals surface area contributed by atoms with Crippen LogP contribution >= 0.6 is 0 Å². The van der Waals surface area contributed by atoms with Crippen molar-refractivity contribution in [1.82, 2.24) is 4.90 Å². The average Bonchev–Trinajstić information content (AvgIpc) is 3.10. The van der Waals surface area contributed by atoms with Gasteiger partial charge in [-0.25, -0.2) is 4.79 Å². The third-order valence-electron chi connectivity index (χ3n) is 7.30. The van der Waals surface area contributed by atoms with Crippen LogP contribution in [0, 0.1) is 5.92 Å². The van der Waals surface area contributed by atoms with Crippen molar-refractivity contribution in [1.29, 1.82) is 0 Å². The Morgan fingerprint density at radius 2 is 1.52 bits per heavy atom. The van der Waals surface area contributed by atoms with Crippen LogP contribution in [-0.2, 0) is 14.3 Å². The standard InChI is InChI=1S/C26H29NO4/c1-30-25(28)15-17-13-18-7-6-8-19(14-17)27(18)26(29)31-16-24-22-11-4-2-9-20(22)21-10-3-5-12-23(21)24/h2-5,9-12,17-19,24H,6-8,13-16H2,1H3. The van der Waals surface area contributed by atoms with Crippen LogP contribution in [0.1, 0.15) is 55.6 Å². The molecule has 2 aromatic carbocycles. The first-order chi connectivity index (χ1) is 15.2. The molecule has 2 aliphatic heterocycles. The Labute approximate surface area is 183 Å². The van der Waals surface area contributed by atoms with Crippen LogP contribution in [0.3, 0.4) is 0 Å². The van der Waals surface area contributed by atoms with Crippen LogP contribution in [-0.4, -0.2) is 42.8 Å². The van der Waals surface area contributed by atoms with E-state index in [4.69, 9.17) is 9.47 Å². The lowest BCUT2D eigenvalue weighted by atomic mass is 9.77. The molecule has 0 N–H and O–H groups in total. The maximum absolute atomic E-state index is 13.2. The van der Waals surface area contributed by atoms with Crippen molar-refractivity contribution in [2.45, 2.75) is 56.5 Å². The average molecular weight is 420 g/mol. The number of rotatable bonds is 4. The number of nitrogens with zero attached hydrogens (tertiary/aromatic N) is 1. The number of benzene rings is 2. The molecule has 2 bridgehead atoms. The quantitative estimate of drug-likeness (QED) is 0.645. The number of carbonyl (C=O) groups is 2. The minimum atomic E-state index is -0.201. The largest absolute Gasteiger partial charge is 0.469 e. The van der Waals surface area contributed by atoms with Gasteiger partial charge in [-0.15, -0.1) is 0 Å². The zero-order chi connectivity index (χ0) is 21.4. The van der Waals surface area contributed by atoms with Gasteiger partial charge in [-0.3, -0.25) is 4.79 Å². The van der Waals surface area contributed by atoms with E-state index in [9.17, 15) is 9.59 Å². The summed E-state index contributed by atoms with van der Waals surface area (Å²) in [4.78, 5) is 26.9. The van der Waals surface area contributed by atoms with Crippen LogP contribution in [0.25, 0.3) is 11.1 Å². The Morgan fingerprint density at radius 1 is 0.935 bits per heavy atom. The van der Waals surface area contributed by atoms with Crippen LogP contribution in [0.5, 0.6) is 0 Å². The van der Waals surface area contributed by atoms with Gasteiger partial charge in [0.05, 0.1) is 7.11 Å². The highest BCUT2D eigenvalue weighted by Crippen LogP contribution is 2.45. The van der Waals surface area contributed by atoms with E-state index in [0.29, 0.717) is 18.9 Å². The second kappa shape index (κ2) is 8.37. The fourth-order valence-corrected chi connectivity index (χ4v) is 5.95. The van der Waals surface area contributed by atoms with Crippen molar-refractivity contribution >= 4 is 12.1 Å². The van der Waals surface area contributed by atoms with E-state index in [1.54, 1.807) is 0 Å². The molecular formula is C26H29NO4. The van der Waals surface area contributed by atoms with Crippen molar-refractivity contribution < 1.29 is 19.1 Å². The van der Waals surface area contributed by atoms with E-state index in [1.807, 2.05) is 4.90 Å². The number of piperidine rings is 2. The molecule has 2 fully saturated rings. The Balaban J connectivity index is 1.29. The smallest absolute Gasteiger partial charge is 0.410 e. The van der Waals surface area contributed by atoms with E-state index in [0.717, 1.165) is 32.1 Å². The molecule has 2 heterocycles. The molecule has 2 saturated heterocycles. The van der Waals surface area contributed by atoms with E-state index in [2.05, 4.69) is 48.5 Å². The molecule has 0 spiro atoms. The first-order valence-corrected chi connectivity index (χ1v) is 11.4. The lowest BCUT2D eigenvalue weighted by Crippen LogP contribution is -2.55. The van der Waals surface area contributed by atoms with Gasteiger partial charge in [0.25, 0.3) is 0 Å². The molecule has 1 amide bonds. The summed E-state index contributed by atoms with van der Waals surface area (Å²) >= 11 is 0. The number of carbonyl (C=O) groups excluding carboxylic acids is 2. The Morgan fingerprint density at radius 3 is 2.10 bits per heavy atom. The summed E-state index contributed by atoms with van der Waals surface area (Å²) in [6.07, 6.45) is 5.06. The summed E-state index contributed by atoms with van der Waals surface area (Å²) in [5.74, 6) is 0.214. The molecule has 0 radical (unpaired) electrons. The minimum absolute atomic E-state index is 0.0769. The van der Waals surface area contributed by atoms with Gasteiger partial charge in [-0.2, -0.15) is 0 Å². The predicted octanol–water partition coefficient (Wildman–Crippen LogP) is 5.13. The van der Waals surface area contributed by atoms with Crippen molar-refractivity contribution in [2.24, 2.45) is 5.92 Å². The molecule has 5 rings (SSSR count). The van der Waals surface area contributed by atoms with Gasteiger partial charge < -0.3 is 14.4 Å². The van der Waals surface area contributed by atoms with Crippen LogP contribution < -0.4 is 0 Å². The molecule has 1 aliphatic carbocycles. The van der Waals surface area contributed by atoms with Gasteiger partial charge in [-0.05, 0) is 60.3 Å². The lowest BCUT2D eigenvalue weighted by Gasteiger charge is -2.48. The highest BCUT2D eigenvalue weighted by Gasteiger charge is 2.42. The van der Waals surface area contributed by atoms with Gasteiger partial charge in [0.2, 0.25) is 0 Å². The van der Waals surface area contributed by atoms with E-state index < -0.39 is 0 Å². The maximum atomic E-state index is 13.2. The lowest BCUT2D eigenvalue weighted by molar-refractivity contribution is -0.142. The van der Waals surface area contributed by atoms with Gasteiger partial charge in [0.15, 0.2) is 0 Å². The Bertz CT molecular complexity index is 927. The normalized spacial score (nSPS) is 24.3. The number of amides is 1. The number of methoxy groups -OCH3 is 1. The SMILES string of the molecule is COC(=O)CC1CC2CCCC(C1)N2C(=O)OCC1c2ccccc2-c2ccccc21. The first-order valence-electron chi connectivity index (χ1n) is 11.4. The highest BCUT2D eigenvalue weighted by atomic mass is 16.6. The second-order valence-electron chi connectivity index (χ2n) is 9.07. The van der Waals surface area contributed by atoms with Crippen LogP contribution in [0.15, 0.2) is 48.5 Å². The molecule has 5 nitrogen and oxygen atoms in total. The summed E-state index contributed by atoms with van der Waals surface area (Å²) in [6.45, 7) is 0.356. The molecule has 162 valence electrons. The highest BCUT2D eigenvalue weighted by molar-refractivity contribution is 5.79. The molecule has 3 aliphatic rings. The molecule has 2 atom stereocenters. The van der Waals surface area contributed by atoms with Crippen molar-refractivity contribution in [3.8, 4) is 11.1 Å². The summed E-state index contributed by atoms with van der Waals surface area (Å²) in [5, 5.41) is 0. The number of hydrogen-bond donors (Lipinski definition) is 0. The predicted molar refractivity (Wildman–Crippen MR) is 118 cm³/mol. The van der Waals surface area contributed by atoms with Crippen molar-refractivity contribution in [3.63, 3.8) is 0 Å². The molecule has 0 aromatic heterocycles. The molecule has 31 heavy (non-hydrogen) atoms. The molecular weight excluding hydrogens is 390 g/mol. The Hall–Kier alpha value is -2.82. The number of fused-ring (bicyclic) bond motifs is 5. The monoisotopic (exact) mass is 419 g/mol. The van der Waals surface area contributed by atoms with E-state index in [-0.39, 0.29) is 30.1 Å². The van der Waals surface area contributed by atoms with E-state index >= 15 is 0 Å². The Kier molecular flexibility index (Phi) is 5.43. The molecule has 5 heteroatoms. The maximum Gasteiger partial charge on any atom is 0.410 e. The minimum Gasteiger partial charge on any atom is -0.469 e. The fraction of sp³-hybridized carbons (Fsp3) is 0.462.